The number of nitrogens with zero attached hydrogens (tertiary/aromatic N) is 4. The first kappa shape index (κ1) is 28.4. The Kier molecular flexibility index (Phi) is 8.42. The summed E-state index contributed by atoms with van der Waals surface area (Å²) < 4.78 is 6.76. The zero-order valence-electron chi connectivity index (χ0n) is 23.7. The van der Waals surface area contributed by atoms with Crippen LogP contribution in [0.25, 0.3) is 33.1 Å². The Morgan fingerprint density at radius 1 is 0.756 bits per heavy atom. The first-order chi connectivity index (χ1) is 19.5. The second-order valence-corrected chi connectivity index (χ2v) is 10.5. The van der Waals surface area contributed by atoms with E-state index in [2.05, 4.69) is 125 Å². The van der Waals surface area contributed by atoms with Crippen molar-refractivity contribution in [3.8, 4) is 11.3 Å². The van der Waals surface area contributed by atoms with E-state index in [-0.39, 0.29) is 20.1 Å². The average Bonchev–Trinajstić information content (AvgIpc) is 3.55. The molecule has 7 rings (SSSR count). The number of rotatable bonds is 4. The zero-order valence-corrected chi connectivity index (χ0v) is 26.1. The normalized spacial score (nSPS) is 12.0. The van der Waals surface area contributed by atoms with E-state index in [4.69, 9.17) is 0 Å². The first-order valence-corrected chi connectivity index (χ1v) is 13.8. The van der Waals surface area contributed by atoms with Crippen LogP contribution in [0.5, 0.6) is 0 Å². The summed E-state index contributed by atoms with van der Waals surface area (Å²) >= 11 is 0. The van der Waals surface area contributed by atoms with Crippen LogP contribution in [0.15, 0.2) is 109 Å². The summed E-state index contributed by atoms with van der Waals surface area (Å²) in [4.78, 5) is 4.22. The molecule has 0 saturated carbocycles. The van der Waals surface area contributed by atoms with Crippen LogP contribution in [-0.4, -0.2) is 26.2 Å². The standard InChI is InChI=1S/C25H24N3.C11H8N.Ir/c1-17(2)26-16-27(24-12-8-7-11-23(24)26)19-13-14-21-20-9-5-6-10-22(20)28(18(3)4)25(21)15-19;1-2-6-10(7-3-1)11-8-4-5-9-12-11;/h5-12,14-15,17-18H,1-4H3;1-6,8-9H;/q+1;-1;. The third-order valence-electron chi connectivity index (χ3n) is 7.14. The molecule has 0 spiro atoms. The fraction of sp³-hybridized carbons (Fsp3) is 0.167. The van der Waals surface area contributed by atoms with E-state index in [9.17, 15) is 0 Å². The molecule has 0 amide bonds. The molecular weight excluding hydrogens is 681 g/mol. The number of hydrogen-bond acceptors (Lipinski definition) is 1. The second kappa shape index (κ2) is 12.2. The molecule has 41 heavy (non-hydrogen) atoms. The average molecular weight is 713 g/mol. The van der Waals surface area contributed by atoms with Crippen molar-refractivity contribution in [2.24, 2.45) is 0 Å². The fourth-order valence-corrected chi connectivity index (χ4v) is 5.34. The smallest absolute Gasteiger partial charge is 0.362 e. The van der Waals surface area contributed by atoms with Crippen LogP contribution < -0.4 is 4.58 Å². The number of hydrogen-bond donors (Lipinski definition) is 0. The van der Waals surface area contributed by atoms with E-state index in [1.165, 1.54) is 27.5 Å². The van der Waals surface area contributed by atoms with Crippen LogP contribution in [0.3, 0.4) is 0 Å². The van der Waals surface area contributed by atoms with Gasteiger partial charge in [0.2, 0.25) is 0 Å². The van der Waals surface area contributed by atoms with E-state index in [0.717, 1.165) is 22.6 Å². The van der Waals surface area contributed by atoms with Crippen molar-refractivity contribution in [2.75, 3.05) is 0 Å². The molecule has 5 heteroatoms. The largest absolute Gasteiger partial charge is 0.494 e. The molecule has 0 atom stereocenters. The molecule has 1 radical (unpaired) electrons. The minimum Gasteiger partial charge on any atom is -0.362 e. The minimum atomic E-state index is 0. The summed E-state index contributed by atoms with van der Waals surface area (Å²) in [6, 6.07) is 46.1. The third-order valence-corrected chi connectivity index (χ3v) is 7.14. The molecule has 0 N–H and O–H groups in total. The van der Waals surface area contributed by atoms with E-state index in [0.29, 0.717) is 12.1 Å². The molecule has 0 saturated heterocycles. The van der Waals surface area contributed by atoms with Gasteiger partial charge < -0.3 is 9.55 Å². The Bertz CT molecular complexity index is 1840. The molecule has 0 bridgehead atoms. The maximum Gasteiger partial charge on any atom is 0.494 e. The van der Waals surface area contributed by atoms with Crippen molar-refractivity contribution in [1.82, 2.24) is 14.1 Å². The van der Waals surface area contributed by atoms with Gasteiger partial charge in [0.1, 0.15) is 5.69 Å². The molecule has 0 unspecified atom stereocenters. The molecule has 3 heterocycles. The molecule has 4 aromatic carbocycles. The van der Waals surface area contributed by atoms with Crippen LogP contribution in [0.4, 0.5) is 17.1 Å². The zero-order chi connectivity index (χ0) is 27.6. The van der Waals surface area contributed by atoms with Crippen LogP contribution in [0.2, 0.25) is 0 Å². The van der Waals surface area contributed by atoms with Crippen molar-refractivity contribution in [1.29, 1.82) is 0 Å². The van der Waals surface area contributed by atoms with Gasteiger partial charge in [0.15, 0.2) is 6.04 Å². The summed E-state index contributed by atoms with van der Waals surface area (Å²) in [5.74, 6) is 0. The fourth-order valence-electron chi connectivity index (χ4n) is 5.34. The number of para-hydroxylation sites is 3. The summed E-state index contributed by atoms with van der Waals surface area (Å²) in [6.07, 6.45) is 1.79. The predicted molar refractivity (Wildman–Crippen MR) is 165 cm³/mol. The van der Waals surface area contributed by atoms with Crippen molar-refractivity contribution in [3.05, 3.63) is 121 Å². The predicted octanol–water partition coefficient (Wildman–Crippen LogP) is 8.80. The molecular formula is C36H32IrN4. The van der Waals surface area contributed by atoms with Crippen molar-refractivity contribution in [3.63, 3.8) is 0 Å². The van der Waals surface area contributed by atoms with Gasteiger partial charge in [-0.2, -0.15) is 6.07 Å². The quantitative estimate of drug-likeness (QED) is 0.133. The first-order valence-electron chi connectivity index (χ1n) is 13.8. The van der Waals surface area contributed by atoms with Crippen molar-refractivity contribution >= 4 is 44.9 Å². The monoisotopic (exact) mass is 713 g/mol. The molecule has 0 fully saturated rings. The van der Waals surface area contributed by atoms with E-state index in [1.54, 1.807) is 6.20 Å². The Labute approximate surface area is 255 Å². The maximum absolute atomic E-state index is 4.22. The van der Waals surface area contributed by atoms with Crippen molar-refractivity contribution < 1.29 is 24.7 Å². The van der Waals surface area contributed by atoms with Crippen LogP contribution in [0, 0.1) is 12.1 Å². The summed E-state index contributed by atoms with van der Waals surface area (Å²) in [6.45, 7) is 8.87. The summed E-state index contributed by atoms with van der Waals surface area (Å²) in [7, 11) is 0. The van der Waals surface area contributed by atoms with E-state index in [1.807, 2.05) is 42.5 Å². The molecule has 2 aromatic heterocycles. The molecule has 205 valence electrons. The Morgan fingerprint density at radius 3 is 2.20 bits per heavy atom. The number of aromatic nitrogens is 2. The molecule has 1 aliphatic heterocycles. The second-order valence-electron chi connectivity index (χ2n) is 10.5. The van der Waals surface area contributed by atoms with Crippen LogP contribution in [0.1, 0.15) is 33.7 Å². The minimum absolute atomic E-state index is 0. The SMILES string of the molecule is CC(C)n1c2ccccc2c2c[c-]c([N+]3=C=[N+](C(C)C)c4ccccc43)cc21.[Ir].[c-]1ccccc1-c1ccccn1. The summed E-state index contributed by atoms with van der Waals surface area (Å²) in [5.41, 5.74) is 7.89. The Balaban J connectivity index is 0.000000218. The van der Waals surface area contributed by atoms with Gasteiger partial charge in [0, 0.05) is 50.0 Å². The van der Waals surface area contributed by atoms with Gasteiger partial charge in [-0.05, 0) is 50.9 Å². The third kappa shape index (κ3) is 5.45. The van der Waals surface area contributed by atoms with Gasteiger partial charge in [-0.3, -0.25) is 0 Å². The van der Waals surface area contributed by atoms with E-state index >= 15 is 0 Å². The number of pyridine rings is 1. The van der Waals surface area contributed by atoms with Gasteiger partial charge in [0.25, 0.3) is 11.4 Å². The topological polar surface area (TPSA) is 23.8 Å². The summed E-state index contributed by atoms with van der Waals surface area (Å²) in [5, 5.41) is 2.54. The Hall–Kier alpha value is -4.14. The maximum atomic E-state index is 4.22. The van der Waals surface area contributed by atoms with Crippen LogP contribution in [-0.2, 0) is 20.1 Å². The van der Waals surface area contributed by atoms with Gasteiger partial charge in [-0.1, -0.05) is 63.2 Å². The van der Waals surface area contributed by atoms with Crippen LogP contribution >= 0.6 is 0 Å². The van der Waals surface area contributed by atoms with Gasteiger partial charge in [0.05, 0.1) is 0 Å². The molecule has 6 aromatic rings. The number of fused-ring (bicyclic) bond motifs is 4. The van der Waals surface area contributed by atoms with Gasteiger partial charge >= 0.3 is 6.01 Å². The molecule has 4 nitrogen and oxygen atoms in total. The molecule has 0 aliphatic carbocycles. The van der Waals surface area contributed by atoms with E-state index < -0.39 is 0 Å². The van der Waals surface area contributed by atoms with Crippen molar-refractivity contribution in [2.45, 2.75) is 39.8 Å². The van der Waals surface area contributed by atoms with Gasteiger partial charge in [-0.15, -0.1) is 47.3 Å². The van der Waals surface area contributed by atoms with Gasteiger partial charge in [-0.25, -0.2) is 0 Å². The Morgan fingerprint density at radius 2 is 1.49 bits per heavy atom. The number of benzene rings is 4. The molecule has 1 aliphatic rings.